The summed E-state index contributed by atoms with van der Waals surface area (Å²) in [5.41, 5.74) is 1.26. The number of nitrogens with one attached hydrogen (secondary N) is 2. The van der Waals surface area contributed by atoms with Gasteiger partial charge in [-0.25, -0.2) is 0 Å². The van der Waals surface area contributed by atoms with E-state index in [9.17, 15) is 4.79 Å². The second kappa shape index (κ2) is 8.61. The molecule has 0 aliphatic carbocycles. The number of halogens is 1. The SMILES string of the molecule is CCOc1ccc(NC(=O)/C(C#N)=C\Nc2ccc(Cl)cc2)cc1. The summed E-state index contributed by atoms with van der Waals surface area (Å²) in [4.78, 5) is 12.1. The lowest BCUT2D eigenvalue weighted by molar-refractivity contribution is -0.112. The van der Waals surface area contributed by atoms with Gasteiger partial charge in [0.1, 0.15) is 17.4 Å². The molecule has 2 rings (SSSR count). The van der Waals surface area contributed by atoms with Crippen LogP contribution in [0.2, 0.25) is 5.02 Å². The molecular weight excluding hydrogens is 326 g/mol. The number of carbonyl (C=O) groups excluding carboxylic acids is 1. The van der Waals surface area contributed by atoms with Gasteiger partial charge in [-0.1, -0.05) is 11.6 Å². The Bertz CT molecular complexity index is 762. The molecule has 2 aromatic rings. The van der Waals surface area contributed by atoms with Crippen molar-refractivity contribution in [1.29, 1.82) is 5.26 Å². The van der Waals surface area contributed by atoms with Gasteiger partial charge in [-0.2, -0.15) is 5.26 Å². The topological polar surface area (TPSA) is 74.1 Å². The number of nitriles is 1. The van der Waals surface area contributed by atoms with Crippen molar-refractivity contribution in [3.63, 3.8) is 0 Å². The van der Waals surface area contributed by atoms with Crippen molar-refractivity contribution in [2.24, 2.45) is 0 Å². The normalized spacial score (nSPS) is 10.6. The predicted molar refractivity (Wildman–Crippen MR) is 95.0 cm³/mol. The Hall–Kier alpha value is -2.97. The van der Waals surface area contributed by atoms with Gasteiger partial charge < -0.3 is 15.4 Å². The van der Waals surface area contributed by atoms with Crippen molar-refractivity contribution < 1.29 is 9.53 Å². The van der Waals surface area contributed by atoms with Crippen LogP contribution in [0, 0.1) is 11.3 Å². The zero-order chi connectivity index (χ0) is 17.4. The number of hydrogen-bond acceptors (Lipinski definition) is 4. The number of nitrogens with zero attached hydrogens (tertiary/aromatic N) is 1. The third kappa shape index (κ3) is 5.04. The number of benzene rings is 2. The van der Waals surface area contributed by atoms with Crippen molar-refractivity contribution >= 4 is 28.9 Å². The molecule has 122 valence electrons. The lowest BCUT2D eigenvalue weighted by Gasteiger charge is -2.07. The Balaban J connectivity index is 2.01. The maximum Gasteiger partial charge on any atom is 0.267 e. The fourth-order valence-corrected chi connectivity index (χ4v) is 1.98. The largest absolute Gasteiger partial charge is 0.494 e. The summed E-state index contributed by atoms with van der Waals surface area (Å²) in [5.74, 6) is 0.221. The maximum atomic E-state index is 12.1. The Morgan fingerprint density at radius 3 is 2.38 bits per heavy atom. The Morgan fingerprint density at radius 2 is 1.79 bits per heavy atom. The van der Waals surface area contributed by atoms with Crippen LogP contribution in [0.15, 0.2) is 60.3 Å². The second-order valence-corrected chi connectivity index (χ2v) is 5.17. The average Bonchev–Trinajstić information content (AvgIpc) is 2.59. The molecule has 6 heteroatoms. The van der Waals surface area contributed by atoms with Gasteiger partial charge in [0.2, 0.25) is 0 Å². The average molecular weight is 342 g/mol. The molecule has 1 amide bonds. The van der Waals surface area contributed by atoms with Gasteiger partial charge in [-0.15, -0.1) is 0 Å². The highest BCUT2D eigenvalue weighted by atomic mass is 35.5. The van der Waals surface area contributed by atoms with Gasteiger partial charge in [0, 0.05) is 22.6 Å². The molecule has 0 saturated carbocycles. The van der Waals surface area contributed by atoms with E-state index >= 15 is 0 Å². The lowest BCUT2D eigenvalue weighted by atomic mass is 10.2. The number of carbonyl (C=O) groups is 1. The minimum atomic E-state index is -0.497. The highest BCUT2D eigenvalue weighted by Gasteiger charge is 2.09. The van der Waals surface area contributed by atoms with E-state index in [0.29, 0.717) is 17.3 Å². The van der Waals surface area contributed by atoms with Crippen molar-refractivity contribution in [2.75, 3.05) is 17.2 Å². The quantitative estimate of drug-likeness (QED) is 0.610. The Kier molecular flexibility index (Phi) is 6.23. The van der Waals surface area contributed by atoms with Crippen LogP contribution in [0.5, 0.6) is 5.75 Å². The molecule has 24 heavy (non-hydrogen) atoms. The summed E-state index contributed by atoms with van der Waals surface area (Å²) in [7, 11) is 0. The second-order valence-electron chi connectivity index (χ2n) is 4.73. The number of rotatable bonds is 6. The summed E-state index contributed by atoms with van der Waals surface area (Å²) in [6, 6.07) is 15.7. The predicted octanol–water partition coefficient (Wildman–Crippen LogP) is 4.20. The van der Waals surface area contributed by atoms with Crippen LogP contribution in [-0.4, -0.2) is 12.5 Å². The van der Waals surface area contributed by atoms with E-state index in [-0.39, 0.29) is 5.57 Å². The van der Waals surface area contributed by atoms with Crippen LogP contribution in [-0.2, 0) is 4.79 Å². The smallest absolute Gasteiger partial charge is 0.267 e. The van der Waals surface area contributed by atoms with Crippen LogP contribution in [0.1, 0.15) is 6.92 Å². The molecule has 0 aliphatic rings. The third-order valence-corrected chi connectivity index (χ3v) is 3.27. The van der Waals surface area contributed by atoms with Gasteiger partial charge in [0.15, 0.2) is 0 Å². The van der Waals surface area contributed by atoms with Crippen LogP contribution >= 0.6 is 11.6 Å². The monoisotopic (exact) mass is 341 g/mol. The molecule has 0 radical (unpaired) electrons. The minimum absolute atomic E-state index is 0.0427. The molecule has 0 aliphatic heterocycles. The Morgan fingerprint density at radius 1 is 1.17 bits per heavy atom. The zero-order valence-corrected chi connectivity index (χ0v) is 13.8. The van der Waals surface area contributed by atoms with E-state index in [1.807, 2.05) is 13.0 Å². The van der Waals surface area contributed by atoms with E-state index in [0.717, 1.165) is 11.4 Å². The van der Waals surface area contributed by atoms with Crippen LogP contribution < -0.4 is 15.4 Å². The first kappa shape index (κ1) is 17.4. The first-order valence-electron chi connectivity index (χ1n) is 7.29. The molecule has 0 bridgehead atoms. The molecule has 0 atom stereocenters. The van der Waals surface area contributed by atoms with E-state index in [1.165, 1.54) is 6.20 Å². The Labute approximate surface area is 145 Å². The van der Waals surface area contributed by atoms with Crippen LogP contribution in [0.25, 0.3) is 0 Å². The fourth-order valence-electron chi connectivity index (χ4n) is 1.85. The first-order valence-corrected chi connectivity index (χ1v) is 7.66. The molecule has 0 aromatic heterocycles. The minimum Gasteiger partial charge on any atom is -0.494 e. The first-order chi connectivity index (χ1) is 11.6. The van der Waals surface area contributed by atoms with E-state index in [1.54, 1.807) is 48.5 Å². The van der Waals surface area contributed by atoms with Gasteiger partial charge in [-0.3, -0.25) is 4.79 Å². The number of ether oxygens (including phenoxy) is 1. The summed E-state index contributed by atoms with van der Waals surface area (Å²) in [5, 5.41) is 15.3. The summed E-state index contributed by atoms with van der Waals surface area (Å²) in [6.45, 7) is 2.47. The number of amides is 1. The molecule has 0 spiro atoms. The molecule has 0 saturated heterocycles. The fraction of sp³-hybridized carbons (Fsp3) is 0.111. The van der Waals surface area contributed by atoms with Crippen LogP contribution in [0.4, 0.5) is 11.4 Å². The van der Waals surface area contributed by atoms with Gasteiger partial charge >= 0.3 is 0 Å². The van der Waals surface area contributed by atoms with Crippen molar-refractivity contribution in [2.45, 2.75) is 6.92 Å². The summed E-state index contributed by atoms with van der Waals surface area (Å²) >= 11 is 5.80. The molecular formula is C18H16ClN3O2. The molecule has 0 fully saturated rings. The van der Waals surface area contributed by atoms with Crippen molar-refractivity contribution in [1.82, 2.24) is 0 Å². The zero-order valence-electron chi connectivity index (χ0n) is 13.0. The van der Waals surface area contributed by atoms with Gasteiger partial charge in [0.25, 0.3) is 5.91 Å². The van der Waals surface area contributed by atoms with E-state index in [2.05, 4.69) is 10.6 Å². The standard InChI is InChI=1S/C18H16ClN3O2/c1-2-24-17-9-7-16(8-10-17)22-18(23)13(11-20)12-21-15-5-3-14(19)4-6-15/h3-10,12,21H,2H2,1H3,(H,22,23)/b13-12-. The maximum absolute atomic E-state index is 12.1. The van der Waals surface area contributed by atoms with E-state index in [4.69, 9.17) is 21.6 Å². The van der Waals surface area contributed by atoms with Crippen molar-refractivity contribution in [3.05, 3.63) is 65.3 Å². The molecule has 0 unspecified atom stereocenters. The molecule has 2 N–H and O–H groups in total. The summed E-state index contributed by atoms with van der Waals surface area (Å²) in [6.07, 6.45) is 1.35. The van der Waals surface area contributed by atoms with E-state index < -0.39 is 5.91 Å². The third-order valence-electron chi connectivity index (χ3n) is 3.02. The lowest BCUT2D eigenvalue weighted by Crippen LogP contribution is -2.14. The van der Waals surface area contributed by atoms with Crippen LogP contribution in [0.3, 0.4) is 0 Å². The molecule has 5 nitrogen and oxygen atoms in total. The van der Waals surface area contributed by atoms with Gasteiger partial charge in [-0.05, 0) is 55.5 Å². The molecule has 0 heterocycles. The number of hydrogen-bond donors (Lipinski definition) is 2. The van der Waals surface area contributed by atoms with Crippen molar-refractivity contribution in [3.8, 4) is 11.8 Å². The summed E-state index contributed by atoms with van der Waals surface area (Å²) < 4.78 is 5.33. The molecule has 2 aromatic carbocycles. The highest BCUT2D eigenvalue weighted by molar-refractivity contribution is 6.30. The van der Waals surface area contributed by atoms with Gasteiger partial charge in [0.05, 0.1) is 6.61 Å². The highest BCUT2D eigenvalue weighted by Crippen LogP contribution is 2.17. The number of anilines is 2.